The first kappa shape index (κ1) is 17.5. The van der Waals surface area contributed by atoms with Crippen LogP contribution in [0, 0.1) is 0 Å². The summed E-state index contributed by atoms with van der Waals surface area (Å²) >= 11 is 0. The Morgan fingerprint density at radius 1 is 1.00 bits per heavy atom. The molecule has 0 saturated carbocycles. The standard InChI is InChI=1S/C22H19N5O2/c28-22-8-7-17(15-4-3-10-23-12-15)26-27(22)21-14-29-13-20(21)25-19-9-11-24-18-6-2-1-5-16(18)19/h1-12,20-21H,13-14H2,(H,24,25). The lowest BCUT2D eigenvalue weighted by Crippen LogP contribution is -2.37. The number of benzene rings is 1. The zero-order valence-corrected chi connectivity index (χ0v) is 15.6. The molecule has 0 amide bonds. The van der Waals surface area contributed by atoms with Crippen molar-refractivity contribution >= 4 is 16.6 Å². The maximum atomic E-state index is 12.6. The lowest BCUT2D eigenvalue weighted by atomic mass is 10.1. The molecule has 1 aliphatic heterocycles. The van der Waals surface area contributed by atoms with E-state index in [0.29, 0.717) is 18.9 Å². The maximum Gasteiger partial charge on any atom is 0.267 e. The first-order valence-corrected chi connectivity index (χ1v) is 9.48. The number of aromatic nitrogens is 4. The van der Waals surface area contributed by atoms with E-state index >= 15 is 0 Å². The van der Waals surface area contributed by atoms with E-state index < -0.39 is 0 Å². The Hall–Kier alpha value is -3.58. The minimum atomic E-state index is -0.217. The van der Waals surface area contributed by atoms with Gasteiger partial charge in [-0.2, -0.15) is 5.10 Å². The molecule has 5 rings (SSSR count). The van der Waals surface area contributed by atoms with E-state index in [4.69, 9.17) is 4.74 Å². The van der Waals surface area contributed by atoms with Gasteiger partial charge in [-0.1, -0.05) is 18.2 Å². The summed E-state index contributed by atoms with van der Waals surface area (Å²) in [6, 6.07) is 16.7. The van der Waals surface area contributed by atoms with Crippen LogP contribution in [0.4, 0.5) is 5.69 Å². The number of ether oxygens (including phenoxy) is 1. The second-order valence-corrected chi connectivity index (χ2v) is 6.97. The van der Waals surface area contributed by atoms with Crippen LogP contribution in [0.1, 0.15) is 6.04 Å². The van der Waals surface area contributed by atoms with Crippen molar-refractivity contribution in [1.82, 2.24) is 19.7 Å². The third kappa shape index (κ3) is 3.36. The molecule has 1 saturated heterocycles. The summed E-state index contributed by atoms with van der Waals surface area (Å²) in [7, 11) is 0. The second kappa shape index (κ2) is 7.44. The second-order valence-electron chi connectivity index (χ2n) is 6.97. The molecule has 7 nitrogen and oxygen atoms in total. The van der Waals surface area contributed by atoms with Gasteiger partial charge in [0.05, 0.1) is 30.5 Å². The number of nitrogens with zero attached hydrogens (tertiary/aromatic N) is 4. The predicted molar refractivity (Wildman–Crippen MR) is 111 cm³/mol. The summed E-state index contributed by atoms with van der Waals surface area (Å²) < 4.78 is 7.24. The molecule has 1 fully saturated rings. The molecule has 0 aliphatic carbocycles. The van der Waals surface area contributed by atoms with Crippen molar-refractivity contribution in [2.24, 2.45) is 0 Å². The molecule has 2 atom stereocenters. The number of anilines is 1. The topological polar surface area (TPSA) is 81.9 Å². The smallest absolute Gasteiger partial charge is 0.267 e. The van der Waals surface area contributed by atoms with Crippen LogP contribution in [0.25, 0.3) is 22.2 Å². The van der Waals surface area contributed by atoms with E-state index in [9.17, 15) is 4.79 Å². The van der Waals surface area contributed by atoms with E-state index in [2.05, 4.69) is 20.4 Å². The number of rotatable bonds is 4. The van der Waals surface area contributed by atoms with Crippen molar-refractivity contribution < 1.29 is 4.74 Å². The van der Waals surface area contributed by atoms with Crippen LogP contribution in [0.15, 0.2) is 78.0 Å². The number of pyridine rings is 2. The van der Waals surface area contributed by atoms with Crippen LogP contribution in [-0.4, -0.2) is 39.0 Å². The molecule has 0 bridgehead atoms. The molecular weight excluding hydrogens is 366 g/mol. The summed E-state index contributed by atoms with van der Waals surface area (Å²) in [5.41, 5.74) is 3.30. The Labute approximate surface area is 167 Å². The van der Waals surface area contributed by atoms with Gasteiger partial charge in [-0.05, 0) is 30.3 Å². The first-order chi connectivity index (χ1) is 14.3. The first-order valence-electron chi connectivity index (χ1n) is 9.48. The molecule has 4 aromatic rings. The molecule has 0 radical (unpaired) electrons. The highest BCUT2D eigenvalue weighted by Crippen LogP contribution is 2.27. The summed E-state index contributed by atoms with van der Waals surface area (Å²) in [5, 5.41) is 9.18. The lowest BCUT2D eigenvalue weighted by molar-refractivity contribution is 0.183. The molecule has 1 N–H and O–H groups in total. The van der Waals surface area contributed by atoms with Gasteiger partial charge in [0.2, 0.25) is 0 Å². The van der Waals surface area contributed by atoms with Crippen LogP contribution in [0.2, 0.25) is 0 Å². The fraction of sp³-hybridized carbons (Fsp3) is 0.182. The summed E-state index contributed by atoms with van der Waals surface area (Å²) in [4.78, 5) is 21.1. The molecule has 1 aromatic carbocycles. The van der Waals surface area contributed by atoms with Gasteiger partial charge < -0.3 is 10.1 Å². The number of hydrogen-bond acceptors (Lipinski definition) is 6. The molecule has 144 valence electrons. The van der Waals surface area contributed by atoms with Gasteiger partial charge in [0.1, 0.15) is 6.04 Å². The number of para-hydroxylation sites is 1. The normalized spacial score (nSPS) is 18.8. The maximum absolute atomic E-state index is 12.6. The third-order valence-corrected chi connectivity index (χ3v) is 5.14. The minimum Gasteiger partial charge on any atom is -0.377 e. The highest BCUT2D eigenvalue weighted by molar-refractivity contribution is 5.91. The number of nitrogens with one attached hydrogen (secondary N) is 1. The fourth-order valence-corrected chi connectivity index (χ4v) is 3.67. The fourth-order valence-electron chi connectivity index (χ4n) is 3.67. The molecular formula is C22H19N5O2. The zero-order valence-electron chi connectivity index (χ0n) is 15.6. The van der Waals surface area contributed by atoms with Crippen molar-refractivity contribution in [3.05, 3.63) is 83.5 Å². The van der Waals surface area contributed by atoms with E-state index in [0.717, 1.165) is 22.2 Å². The largest absolute Gasteiger partial charge is 0.377 e. The molecule has 0 spiro atoms. The van der Waals surface area contributed by atoms with E-state index in [1.165, 1.54) is 4.68 Å². The molecule has 29 heavy (non-hydrogen) atoms. The summed E-state index contributed by atoms with van der Waals surface area (Å²) in [6.07, 6.45) is 5.23. The third-order valence-electron chi connectivity index (χ3n) is 5.14. The van der Waals surface area contributed by atoms with Crippen LogP contribution in [0.3, 0.4) is 0 Å². The molecule has 2 unspecified atom stereocenters. The molecule has 1 aliphatic rings. The van der Waals surface area contributed by atoms with Crippen LogP contribution >= 0.6 is 0 Å². The van der Waals surface area contributed by atoms with Gasteiger partial charge in [0.25, 0.3) is 5.56 Å². The SMILES string of the molecule is O=c1ccc(-c2cccnc2)nn1C1COCC1Nc1ccnc2ccccc12. The Kier molecular flexibility index (Phi) is 4.50. The summed E-state index contributed by atoms with van der Waals surface area (Å²) in [6.45, 7) is 0.913. The van der Waals surface area contributed by atoms with Gasteiger partial charge in [-0.25, -0.2) is 4.68 Å². The lowest BCUT2D eigenvalue weighted by Gasteiger charge is -2.22. The highest BCUT2D eigenvalue weighted by Gasteiger charge is 2.32. The Balaban J connectivity index is 1.49. The molecule has 7 heteroatoms. The van der Waals surface area contributed by atoms with E-state index in [1.54, 1.807) is 30.7 Å². The van der Waals surface area contributed by atoms with Crippen molar-refractivity contribution in [3.63, 3.8) is 0 Å². The van der Waals surface area contributed by atoms with E-state index in [-0.39, 0.29) is 17.6 Å². The Morgan fingerprint density at radius 3 is 2.83 bits per heavy atom. The van der Waals surface area contributed by atoms with Crippen molar-refractivity contribution in [2.75, 3.05) is 18.5 Å². The number of fused-ring (bicyclic) bond motifs is 1. The monoisotopic (exact) mass is 385 g/mol. The van der Waals surface area contributed by atoms with Crippen LogP contribution in [-0.2, 0) is 4.74 Å². The zero-order chi connectivity index (χ0) is 19.6. The minimum absolute atomic E-state index is 0.0878. The quantitative estimate of drug-likeness (QED) is 0.582. The van der Waals surface area contributed by atoms with Crippen molar-refractivity contribution in [3.8, 4) is 11.3 Å². The van der Waals surface area contributed by atoms with Gasteiger partial charge in [-0.3, -0.25) is 14.8 Å². The molecule has 4 heterocycles. The Bertz CT molecular complexity index is 1200. The van der Waals surface area contributed by atoms with Crippen molar-refractivity contribution in [1.29, 1.82) is 0 Å². The average molecular weight is 385 g/mol. The van der Waals surface area contributed by atoms with Crippen LogP contribution < -0.4 is 10.9 Å². The molecule has 3 aromatic heterocycles. The Morgan fingerprint density at radius 2 is 1.93 bits per heavy atom. The number of hydrogen-bond donors (Lipinski definition) is 1. The van der Waals surface area contributed by atoms with Gasteiger partial charge in [0.15, 0.2) is 0 Å². The predicted octanol–water partition coefficient (Wildman–Crippen LogP) is 2.91. The van der Waals surface area contributed by atoms with Gasteiger partial charge in [0, 0.05) is 41.3 Å². The van der Waals surface area contributed by atoms with Gasteiger partial charge >= 0.3 is 0 Å². The van der Waals surface area contributed by atoms with Crippen LogP contribution in [0.5, 0.6) is 0 Å². The summed E-state index contributed by atoms with van der Waals surface area (Å²) in [5.74, 6) is 0. The average Bonchev–Trinajstić information content (AvgIpc) is 3.23. The van der Waals surface area contributed by atoms with E-state index in [1.807, 2.05) is 42.5 Å². The highest BCUT2D eigenvalue weighted by atomic mass is 16.5. The van der Waals surface area contributed by atoms with Crippen molar-refractivity contribution in [2.45, 2.75) is 12.1 Å². The van der Waals surface area contributed by atoms with Gasteiger partial charge in [-0.15, -0.1) is 0 Å².